The Morgan fingerprint density at radius 2 is 1.77 bits per heavy atom. The van der Waals surface area contributed by atoms with Gasteiger partial charge in [0.2, 0.25) is 0 Å². The number of carbonyl (C=O) groups is 1. The molecule has 0 atom stereocenters. The number of carboxylic acid groups (broad SMARTS) is 1. The summed E-state index contributed by atoms with van der Waals surface area (Å²) in [6.45, 7) is 3.00. The molecule has 4 rings (SSSR count). The van der Waals surface area contributed by atoms with E-state index in [1.54, 1.807) is 6.20 Å². The number of aryl methyl sites for hydroxylation is 1. The Hall–Kier alpha value is -3.80. The van der Waals surface area contributed by atoms with E-state index in [4.69, 9.17) is 10.1 Å². The lowest BCUT2D eigenvalue weighted by atomic mass is 10.00. The van der Waals surface area contributed by atoms with Gasteiger partial charge in [-0.1, -0.05) is 67.9 Å². The number of carboxylic acids is 1. The van der Waals surface area contributed by atoms with Crippen LogP contribution in [0.4, 0.5) is 0 Å². The van der Waals surface area contributed by atoms with Gasteiger partial charge in [0, 0.05) is 36.5 Å². The highest BCUT2D eigenvalue weighted by molar-refractivity contribution is 5.95. The Morgan fingerprint density at radius 1 is 1.00 bits per heavy atom. The molecule has 0 spiro atoms. The van der Waals surface area contributed by atoms with Crippen LogP contribution in [-0.2, 0) is 13.0 Å². The molecule has 6 nitrogen and oxygen atoms in total. The summed E-state index contributed by atoms with van der Waals surface area (Å²) in [6.07, 6.45) is 5.87. The van der Waals surface area contributed by atoms with Gasteiger partial charge in [-0.3, -0.25) is 4.98 Å². The molecule has 0 saturated heterocycles. The van der Waals surface area contributed by atoms with Crippen LogP contribution in [-0.4, -0.2) is 30.8 Å². The molecule has 0 radical (unpaired) electrons. The molecule has 0 amide bonds. The number of aromatic carboxylic acids is 1. The lowest BCUT2D eigenvalue weighted by Crippen LogP contribution is -2.06. The second-order valence-electron chi connectivity index (χ2n) is 7.39. The van der Waals surface area contributed by atoms with Gasteiger partial charge in [-0.2, -0.15) is 5.10 Å². The number of nitrogens with zero attached hydrogens (tertiary/aromatic N) is 4. The topological polar surface area (TPSA) is 80.9 Å². The molecule has 2 heterocycles. The summed E-state index contributed by atoms with van der Waals surface area (Å²) in [7, 11) is 0. The molecule has 156 valence electrons. The van der Waals surface area contributed by atoms with Gasteiger partial charge in [0.15, 0.2) is 5.82 Å². The minimum Gasteiger partial charge on any atom is -0.478 e. The van der Waals surface area contributed by atoms with E-state index in [1.807, 2.05) is 59.3 Å². The molecule has 0 fully saturated rings. The third-order valence-electron chi connectivity index (χ3n) is 5.18. The molecule has 0 aliphatic carbocycles. The predicted molar refractivity (Wildman–Crippen MR) is 120 cm³/mol. The lowest BCUT2D eigenvalue weighted by Gasteiger charge is -2.08. The molecule has 4 aromatic rings. The standard InChI is InChI=1S/C25H24N4O2/c1-2-3-15-29-23(27-24(28-29)20-7-5-4-6-8-20)16-18-9-11-19(12-10-18)22-17-26-14-13-21(22)25(30)31/h4-14,17H,2-3,15-16H2,1H3,(H,30,31). The van der Waals surface area contributed by atoms with Gasteiger partial charge in [-0.15, -0.1) is 0 Å². The third kappa shape index (κ3) is 4.69. The van der Waals surface area contributed by atoms with E-state index >= 15 is 0 Å². The monoisotopic (exact) mass is 412 g/mol. The van der Waals surface area contributed by atoms with Crippen LogP contribution in [0.2, 0.25) is 0 Å². The van der Waals surface area contributed by atoms with E-state index in [2.05, 4.69) is 11.9 Å². The first-order valence-electron chi connectivity index (χ1n) is 10.4. The van der Waals surface area contributed by atoms with Crippen LogP contribution in [0, 0.1) is 0 Å². The molecule has 0 saturated carbocycles. The summed E-state index contributed by atoms with van der Waals surface area (Å²) in [5.41, 5.74) is 3.78. The zero-order chi connectivity index (χ0) is 21.6. The van der Waals surface area contributed by atoms with E-state index in [0.29, 0.717) is 12.0 Å². The third-order valence-corrected chi connectivity index (χ3v) is 5.18. The predicted octanol–water partition coefficient (Wildman–Crippen LogP) is 5.10. The number of rotatable bonds is 8. The fraction of sp³-hybridized carbons (Fsp3) is 0.200. The Morgan fingerprint density at radius 3 is 2.48 bits per heavy atom. The smallest absolute Gasteiger partial charge is 0.336 e. The normalized spacial score (nSPS) is 10.9. The fourth-order valence-electron chi connectivity index (χ4n) is 3.50. The molecule has 6 heteroatoms. The SMILES string of the molecule is CCCCn1nc(-c2ccccc2)nc1Cc1ccc(-c2cnccc2C(=O)O)cc1. The van der Waals surface area contributed by atoms with Crippen LogP contribution in [0.1, 0.15) is 41.5 Å². The Balaban J connectivity index is 1.60. The number of benzene rings is 2. The zero-order valence-corrected chi connectivity index (χ0v) is 17.4. The molecule has 1 N–H and O–H groups in total. The maximum absolute atomic E-state index is 11.5. The first-order chi connectivity index (χ1) is 15.2. The van der Waals surface area contributed by atoms with Gasteiger partial charge >= 0.3 is 5.97 Å². The van der Waals surface area contributed by atoms with Crippen molar-refractivity contribution in [3.05, 3.63) is 90.0 Å². The molecule has 2 aromatic carbocycles. The summed E-state index contributed by atoms with van der Waals surface area (Å²) in [6, 6.07) is 19.4. The van der Waals surface area contributed by atoms with E-state index in [0.717, 1.165) is 47.7 Å². The van der Waals surface area contributed by atoms with Gasteiger partial charge in [-0.05, 0) is 23.6 Å². The number of unbranched alkanes of at least 4 members (excludes halogenated alkanes) is 1. The number of hydrogen-bond donors (Lipinski definition) is 1. The minimum absolute atomic E-state index is 0.245. The molecule has 0 aliphatic rings. The van der Waals surface area contributed by atoms with Crippen molar-refractivity contribution in [3.63, 3.8) is 0 Å². The second kappa shape index (κ2) is 9.34. The van der Waals surface area contributed by atoms with Crippen molar-refractivity contribution >= 4 is 5.97 Å². The summed E-state index contributed by atoms with van der Waals surface area (Å²) in [5.74, 6) is 0.705. The van der Waals surface area contributed by atoms with Gasteiger partial charge in [0.1, 0.15) is 5.82 Å². The molecule has 0 unspecified atom stereocenters. The van der Waals surface area contributed by atoms with Crippen LogP contribution in [0.15, 0.2) is 73.1 Å². The zero-order valence-electron chi connectivity index (χ0n) is 17.4. The number of aromatic nitrogens is 4. The molecule has 2 aromatic heterocycles. The highest BCUT2D eigenvalue weighted by Crippen LogP contribution is 2.24. The Kier molecular flexibility index (Phi) is 6.17. The van der Waals surface area contributed by atoms with Crippen molar-refractivity contribution in [2.24, 2.45) is 0 Å². The Bertz CT molecular complexity index is 1170. The van der Waals surface area contributed by atoms with E-state index < -0.39 is 5.97 Å². The first-order valence-corrected chi connectivity index (χ1v) is 10.4. The molecule has 0 aliphatic heterocycles. The summed E-state index contributed by atoms with van der Waals surface area (Å²) < 4.78 is 2.00. The summed E-state index contributed by atoms with van der Waals surface area (Å²) in [4.78, 5) is 20.4. The molecule has 0 bridgehead atoms. The van der Waals surface area contributed by atoms with E-state index in [-0.39, 0.29) is 5.56 Å². The Labute approximate surface area is 181 Å². The second-order valence-corrected chi connectivity index (χ2v) is 7.39. The fourth-order valence-corrected chi connectivity index (χ4v) is 3.50. The van der Waals surface area contributed by atoms with Crippen molar-refractivity contribution < 1.29 is 9.90 Å². The summed E-state index contributed by atoms with van der Waals surface area (Å²) in [5, 5.41) is 14.2. The molecular weight excluding hydrogens is 388 g/mol. The van der Waals surface area contributed by atoms with Crippen molar-refractivity contribution in [2.45, 2.75) is 32.7 Å². The van der Waals surface area contributed by atoms with Crippen molar-refractivity contribution in [2.75, 3.05) is 0 Å². The van der Waals surface area contributed by atoms with Gasteiger partial charge in [0.25, 0.3) is 0 Å². The van der Waals surface area contributed by atoms with Crippen LogP contribution >= 0.6 is 0 Å². The van der Waals surface area contributed by atoms with Crippen molar-refractivity contribution in [1.29, 1.82) is 0 Å². The minimum atomic E-state index is -0.959. The summed E-state index contributed by atoms with van der Waals surface area (Å²) >= 11 is 0. The van der Waals surface area contributed by atoms with E-state index in [1.165, 1.54) is 12.3 Å². The number of pyridine rings is 1. The van der Waals surface area contributed by atoms with Crippen molar-refractivity contribution in [1.82, 2.24) is 19.7 Å². The maximum atomic E-state index is 11.5. The lowest BCUT2D eigenvalue weighted by molar-refractivity contribution is 0.0697. The maximum Gasteiger partial charge on any atom is 0.336 e. The van der Waals surface area contributed by atoms with Gasteiger partial charge in [-0.25, -0.2) is 14.5 Å². The van der Waals surface area contributed by atoms with Crippen LogP contribution in [0.3, 0.4) is 0 Å². The van der Waals surface area contributed by atoms with Crippen LogP contribution in [0.25, 0.3) is 22.5 Å². The van der Waals surface area contributed by atoms with Gasteiger partial charge < -0.3 is 5.11 Å². The molecule has 31 heavy (non-hydrogen) atoms. The first kappa shape index (κ1) is 20.5. The van der Waals surface area contributed by atoms with Crippen molar-refractivity contribution in [3.8, 4) is 22.5 Å². The highest BCUT2D eigenvalue weighted by atomic mass is 16.4. The average molecular weight is 412 g/mol. The largest absolute Gasteiger partial charge is 0.478 e. The number of hydrogen-bond acceptors (Lipinski definition) is 4. The quantitative estimate of drug-likeness (QED) is 0.436. The average Bonchev–Trinajstić information content (AvgIpc) is 3.21. The highest BCUT2D eigenvalue weighted by Gasteiger charge is 2.14. The van der Waals surface area contributed by atoms with Crippen LogP contribution < -0.4 is 0 Å². The molecular formula is C25H24N4O2. The van der Waals surface area contributed by atoms with Gasteiger partial charge in [0.05, 0.1) is 5.56 Å². The van der Waals surface area contributed by atoms with E-state index in [9.17, 15) is 9.90 Å². The van der Waals surface area contributed by atoms with Crippen LogP contribution in [0.5, 0.6) is 0 Å².